The maximum absolute atomic E-state index is 12.2. The van der Waals surface area contributed by atoms with E-state index in [0.717, 1.165) is 16.8 Å². The Morgan fingerprint density at radius 3 is 2.93 bits per heavy atom. The minimum atomic E-state index is -0.644. The zero-order valence-electron chi connectivity index (χ0n) is 14.4. The highest BCUT2D eigenvalue weighted by Gasteiger charge is 2.32. The molecule has 0 radical (unpaired) electrons. The van der Waals surface area contributed by atoms with E-state index in [-0.39, 0.29) is 29.6 Å². The molecule has 2 aromatic heterocycles. The highest BCUT2D eigenvalue weighted by molar-refractivity contribution is 5.96. The fourth-order valence-electron chi connectivity index (χ4n) is 3.31. The van der Waals surface area contributed by atoms with Gasteiger partial charge in [-0.25, -0.2) is 4.79 Å². The number of nitrogens with one attached hydrogen (secondary N) is 2. The lowest BCUT2D eigenvalue weighted by molar-refractivity contribution is -0.116. The number of phenolic OH excluding ortho intramolecular Hbond substituents is 1. The first-order valence-electron chi connectivity index (χ1n) is 8.28. The Labute approximate surface area is 154 Å². The van der Waals surface area contributed by atoms with Gasteiger partial charge in [0.25, 0.3) is 0 Å². The van der Waals surface area contributed by atoms with Gasteiger partial charge in [-0.05, 0) is 29.8 Å². The first-order chi connectivity index (χ1) is 13.1. The number of phenols is 1. The summed E-state index contributed by atoms with van der Waals surface area (Å²) in [4.78, 5) is 28.2. The number of nitrogens with zero attached hydrogens (tertiary/aromatic N) is 2. The Morgan fingerprint density at radius 1 is 1.33 bits per heavy atom. The van der Waals surface area contributed by atoms with Crippen molar-refractivity contribution in [3.8, 4) is 17.0 Å². The van der Waals surface area contributed by atoms with Crippen LogP contribution in [0, 0.1) is 0 Å². The lowest BCUT2D eigenvalue weighted by Gasteiger charge is -2.24. The van der Waals surface area contributed by atoms with E-state index in [1.807, 2.05) is 12.1 Å². The van der Waals surface area contributed by atoms with Crippen LogP contribution in [0.25, 0.3) is 11.3 Å². The Bertz CT molecular complexity index is 1030. The summed E-state index contributed by atoms with van der Waals surface area (Å²) < 4.78 is 4.72. The number of benzene rings is 1. The van der Waals surface area contributed by atoms with Crippen LogP contribution in [0.5, 0.6) is 5.75 Å². The summed E-state index contributed by atoms with van der Waals surface area (Å²) in [6.07, 6.45) is 3.57. The number of hydrogen-bond acceptors (Lipinski definition) is 6. The molecule has 1 atom stereocenters. The number of ether oxygens (including phenoxy) is 1. The molecule has 0 saturated heterocycles. The number of pyridine rings is 1. The summed E-state index contributed by atoms with van der Waals surface area (Å²) in [6, 6.07) is 8.38. The molecule has 1 amide bonds. The molecule has 0 spiro atoms. The number of carbonyl (C=O) groups excluding carboxylic acids is 2. The molecule has 0 bridgehead atoms. The van der Waals surface area contributed by atoms with Crippen molar-refractivity contribution in [1.82, 2.24) is 15.2 Å². The van der Waals surface area contributed by atoms with Crippen molar-refractivity contribution >= 4 is 17.7 Å². The first-order valence-corrected chi connectivity index (χ1v) is 8.28. The van der Waals surface area contributed by atoms with Crippen LogP contribution >= 0.6 is 0 Å². The third-order valence-corrected chi connectivity index (χ3v) is 4.58. The van der Waals surface area contributed by atoms with Crippen LogP contribution in [0.1, 0.15) is 33.8 Å². The highest BCUT2D eigenvalue weighted by Crippen LogP contribution is 2.42. The zero-order valence-corrected chi connectivity index (χ0v) is 14.4. The lowest BCUT2D eigenvalue weighted by atomic mass is 9.84. The molecule has 8 heteroatoms. The summed E-state index contributed by atoms with van der Waals surface area (Å²) in [7, 11) is 1.25. The second-order valence-corrected chi connectivity index (χ2v) is 6.18. The third kappa shape index (κ3) is 2.91. The van der Waals surface area contributed by atoms with Crippen molar-refractivity contribution in [3.63, 3.8) is 0 Å². The van der Waals surface area contributed by atoms with Gasteiger partial charge in [0.2, 0.25) is 5.91 Å². The highest BCUT2D eigenvalue weighted by atomic mass is 16.5. The number of esters is 1. The van der Waals surface area contributed by atoms with Crippen LogP contribution < -0.4 is 5.32 Å². The Morgan fingerprint density at radius 2 is 2.19 bits per heavy atom. The molecule has 0 aliphatic carbocycles. The zero-order chi connectivity index (χ0) is 19.0. The van der Waals surface area contributed by atoms with Crippen LogP contribution in [0.2, 0.25) is 0 Å². The molecule has 0 saturated carbocycles. The molecule has 4 rings (SSSR count). The first kappa shape index (κ1) is 16.8. The van der Waals surface area contributed by atoms with Gasteiger partial charge < -0.3 is 15.2 Å². The predicted octanol–water partition coefficient (Wildman–Crippen LogP) is 2.44. The molecule has 3 heterocycles. The normalized spacial score (nSPS) is 15.7. The van der Waals surface area contributed by atoms with Crippen LogP contribution in [0.3, 0.4) is 0 Å². The van der Waals surface area contributed by atoms with Gasteiger partial charge in [0.15, 0.2) is 5.82 Å². The van der Waals surface area contributed by atoms with Crippen molar-refractivity contribution in [2.24, 2.45) is 0 Å². The SMILES string of the molecule is COC(=O)c1cc([C@H]2CC(=O)Nc3n[nH]c(-c4cccnc4)c32)ccc1O. The second kappa shape index (κ2) is 6.56. The van der Waals surface area contributed by atoms with Gasteiger partial charge in [-0.3, -0.25) is 14.9 Å². The number of carbonyl (C=O) groups is 2. The molecular weight excluding hydrogens is 348 g/mol. The van der Waals surface area contributed by atoms with Crippen LogP contribution in [0.15, 0.2) is 42.7 Å². The quantitative estimate of drug-likeness (QED) is 0.615. The van der Waals surface area contributed by atoms with E-state index >= 15 is 0 Å². The molecule has 1 aliphatic rings. The van der Waals surface area contributed by atoms with E-state index in [1.54, 1.807) is 24.5 Å². The second-order valence-electron chi connectivity index (χ2n) is 6.18. The minimum Gasteiger partial charge on any atom is -0.507 e. The van der Waals surface area contributed by atoms with E-state index in [0.29, 0.717) is 11.4 Å². The summed E-state index contributed by atoms with van der Waals surface area (Å²) >= 11 is 0. The maximum atomic E-state index is 12.2. The van der Waals surface area contributed by atoms with E-state index in [1.165, 1.54) is 13.2 Å². The van der Waals surface area contributed by atoms with Crippen molar-refractivity contribution in [3.05, 3.63) is 59.4 Å². The molecule has 8 nitrogen and oxygen atoms in total. The average Bonchev–Trinajstić information content (AvgIpc) is 3.11. The number of hydrogen-bond donors (Lipinski definition) is 3. The van der Waals surface area contributed by atoms with Gasteiger partial charge in [0, 0.05) is 35.9 Å². The Balaban J connectivity index is 1.86. The van der Waals surface area contributed by atoms with Crippen molar-refractivity contribution < 1.29 is 19.4 Å². The predicted molar refractivity (Wildman–Crippen MR) is 96.4 cm³/mol. The van der Waals surface area contributed by atoms with Crippen molar-refractivity contribution in [1.29, 1.82) is 0 Å². The minimum absolute atomic E-state index is 0.0500. The standard InChI is InChI=1S/C19H16N4O4/c1-27-19(26)13-7-10(4-5-14(13)24)12-8-15(25)21-18-16(12)17(22-23-18)11-3-2-6-20-9-11/h2-7,9,12,24H,8H2,1H3,(H2,21,22,23,25)/t12-/m1/s1. The average molecular weight is 364 g/mol. The van der Waals surface area contributed by atoms with E-state index < -0.39 is 5.97 Å². The van der Waals surface area contributed by atoms with Crippen LogP contribution in [0.4, 0.5) is 5.82 Å². The van der Waals surface area contributed by atoms with Crippen molar-refractivity contribution in [2.75, 3.05) is 12.4 Å². The fraction of sp³-hybridized carbons (Fsp3) is 0.158. The number of anilines is 1. The number of H-pyrrole nitrogens is 1. The number of aromatic nitrogens is 3. The number of aromatic hydroxyl groups is 1. The summed E-state index contributed by atoms with van der Waals surface area (Å²) in [5, 5.41) is 19.9. The van der Waals surface area contributed by atoms with Crippen molar-refractivity contribution in [2.45, 2.75) is 12.3 Å². The largest absolute Gasteiger partial charge is 0.507 e. The maximum Gasteiger partial charge on any atom is 0.341 e. The molecule has 3 N–H and O–H groups in total. The monoisotopic (exact) mass is 364 g/mol. The van der Waals surface area contributed by atoms with Gasteiger partial charge in [-0.15, -0.1) is 0 Å². The van der Waals surface area contributed by atoms with Gasteiger partial charge in [0.05, 0.1) is 12.8 Å². The molecule has 1 aliphatic heterocycles. The smallest absolute Gasteiger partial charge is 0.341 e. The van der Waals surface area contributed by atoms with Gasteiger partial charge in [-0.2, -0.15) is 5.10 Å². The molecule has 0 unspecified atom stereocenters. The van der Waals surface area contributed by atoms with Crippen LogP contribution in [-0.4, -0.2) is 39.3 Å². The molecular formula is C19H16N4O4. The number of aromatic amines is 1. The topological polar surface area (TPSA) is 117 Å². The molecule has 27 heavy (non-hydrogen) atoms. The lowest BCUT2D eigenvalue weighted by Crippen LogP contribution is -2.23. The van der Waals surface area contributed by atoms with Crippen LogP contribution in [-0.2, 0) is 9.53 Å². The molecule has 0 fully saturated rings. The number of rotatable bonds is 3. The number of methoxy groups -OCH3 is 1. The van der Waals surface area contributed by atoms with Gasteiger partial charge in [0.1, 0.15) is 11.3 Å². The molecule has 3 aromatic rings. The summed E-state index contributed by atoms with van der Waals surface area (Å²) in [5.41, 5.74) is 3.14. The van der Waals surface area contributed by atoms with Gasteiger partial charge in [-0.1, -0.05) is 6.07 Å². The van der Waals surface area contributed by atoms with E-state index in [2.05, 4.69) is 20.5 Å². The number of amides is 1. The molecule has 1 aromatic carbocycles. The van der Waals surface area contributed by atoms with E-state index in [9.17, 15) is 14.7 Å². The summed E-state index contributed by atoms with van der Waals surface area (Å²) in [5.74, 6) is -0.890. The Kier molecular flexibility index (Phi) is 4.08. The van der Waals surface area contributed by atoms with E-state index in [4.69, 9.17) is 4.74 Å². The number of fused-ring (bicyclic) bond motifs is 1. The molecule has 136 valence electrons. The fourth-order valence-corrected chi connectivity index (χ4v) is 3.31. The third-order valence-electron chi connectivity index (χ3n) is 4.58. The summed E-state index contributed by atoms with van der Waals surface area (Å²) in [6.45, 7) is 0. The van der Waals surface area contributed by atoms with Gasteiger partial charge >= 0.3 is 5.97 Å². The Hall–Kier alpha value is -3.68.